The van der Waals surface area contributed by atoms with Gasteiger partial charge in [-0.25, -0.2) is 4.72 Å². The van der Waals surface area contributed by atoms with Gasteiger partial charge in [0.2, 0.25) is 0 Å². The van der Waals surface area contributed by atoms with Gasteiger partial charge in [0.05, 0.1) is 0 Å². The largest absolute Gasteiger partial charge is 0.319 e. The van der Waals surface area contributed by atoms with E-state index in [2.05, 4.69) is 17.0 Å². The van der Waals surface area contributed by atoms with Crippen molar-refractivity contribution in [3.05, 3.63) is 0 Å². The maximum absolute atomic E-state index is 12.4. The van der Waals surface area contributed by atoms with Crippen molar-refractivity contribution < 1.29 is 8.42 Å². The molecule has 0 amide bonds. The smallest absolute Gasteiger partial charge is 0.279 e. The van der Waals surface area contributed by atoms with E-state index in [-0.39, 0.29) is 5.41 Å². The van der Waals surface area contributed by atoms with Gasteiger partial charge < -0.3 is 5.32 Å². The molecule has 0 bridgehead atoms. The van der Waals surface area contributed by atoms with Gasteiger partial charge in [-0.2, -0.15) is 12.7 Å². The van der Waals surface area contributed by atoms with Crippen LogP contribution in [0.15, 0.2) is 0 Å². The molecule has 1 aliphatic carbocycles. The summed E-state index contributed by atoms with van der Waals surface area (Å²) in [6.45, 7) is 5.07. The van der Waals surface area contributed by atoms with Crippen LogP contribution in [-0.2, 0) is 10.2 Å². The topological polar surface area (TPSA) is 61.4 Å². The molecule has 2 rings (SSSR count). The lowest BCUT2D eigenvalue weighted by atomic mass is 9.67. The molecule has 1 saturated carbocycles. The Morgan fingerprint density at radius 1 is 1.25 bits per heavy atom. The van der Waals surface area contributed by atoms with E-state index in [1.165, 1.54) is 6.42 Å². The number of rotatable bonds is 7. The quantitative estimate of drug-likeness (QED) is 0.746. The fourth-order valence-corrected chi connectivity index (χ4v) is 4.67. The molecule has 0 radical (unpaired) electrons. The lowest BCUT2D eigenvalue weighted by molar-refractivity contribution is 0.131. The average molecular weight is 303 g/mol. The predicted molar refractivity (Wildman–Crippen MR) is 81.7 cm³/mol. The molecule has 2 fully saturated rings. The van der Waals surface area contributed by atoms with Crippen LogP contribution in [0.2, 0.25) is 0 Å². The summed E-state index contributed by atoms with van der Waals surface area (Å²) in [5.74, 6) is 0.611. The summed E-state index contributed by atoms with van der Waals surface area (Å²) in [5.41, 5.74) is 0.234. The monoisotopic (exact) mass is 303 g/mol. The highest BCUT2D eigenvalue weighted by Gasteiger charge is 2.37. The van der Waals surface area contributed by atoms with Crippen molar-refractivity contribution in [2.24, 2.45) is 11.3 Å². The van der Waals surface area contributed by atoms with Crippen LogP contribution in [0, 0.1) is 11.3 Å². The minimum Gasteiger partial charge on any atom is -0.319 e. The molecule has 0 aromatic rings. The Labute approximate surface area is 123 Å². The number of piperidine rings is 1. The Hall–Kier alpha value is -0.170. The third-order valence-corrected chi connectivity index (χ3v) is 6.75. The van der Waals surface area contributed by atoms with Crippen molar-refractivity contribution in [3.63, 3.8) is 0 Å². The van der Waals surface area contributed by atoms with Gasteiger partial charge in [-0.05, 0) is 57.0 Å². The van der Waals surface area contributed by atoms with Crippen LogP contribution in [0.25, 0.3) is 0 Å². The van der Waals surface area contributed by atoms with Gasteiger partial charge in [0.25, 0.3) is 10.2 Å². The molecule has 2 N–H and O–H groups in total. The van der Waals surface area contributed by atoms with E-state index < -0.39 is 10.2 Å². The molecule has 0 aromatic carbocycles. The van der Waals surface area contributed by atoms with E-state index in [0.29, 0.717) is 25.6 Å². The van der Waals surface area contributed by atoms with Gasteiger partial charge in [0, 0.05) is 19.6 Å². The van der Waals surface area contributed by atoms with Gasteiger partial charge in [0.15, 0.2) is 0 Å². The highest BCUT2D eigenvalue weighted by atomic mass is 32.2. The van der Waals surface area contributed by atoms with Crippen molar-refractivity contribution >= 4 is 10.2 Å². The molecule has 1 heterocycles. The fourth-order valence-electron chi connectivity index (χ4n) is 3.31. The summed E-state index contributed by atoms with van der Waals surface area (Å²) in [6, 6.07) is 0. The van der Waals surface area contributed by atoms with Crippen molar-refractivity contribution in [1.29, 1.82) is 0 Å². The van der Waals surface area contributed by atoms with E-state index in [1.54, 1.807) is 4.31 Å². The molecular formula is C14H29N3O2S. The minimum atomic E-state index is -3.28. The molecule has 0 spiro atoms. The summed E-state index contributed by atoms with van der Waals surface area (Å²) in [7, 11) is -1.33. The molecule has 0 aromatic heterocycles. The van der Waals surface area contributed by atoms with E-state index in [9.17, 15) is 8.42 Å². The van der Waals surface area contributed by atoms with Crippen molar-refractivity contribution in [1.82, 2.24) is 14.3 Å². The van der Waals surface area contributed by atoms with Crippen LogP contribution >= 0.6 is 0 Å². The van der Waals surface area contributed by atoms with Crippen LogP contribution in [0.3, 0.4) is 0 Å². The Bertz CT molecular complexity index is 393. The highest BCUT2D eigenvalue weighted by molar-refractivity contribution is 7.87. The van der Waals surface area contributed by atoms with E-state index in [0.717, 1.165) is 38.6 Å². The molecular weight excluding hydrogens is 274 g/mol. The number of nitrogens with one attached hydrogen (secondary N) is 2. The van der Waals surface area contributed by atoms with Gasteiger partial charge in [-0.1, -0.05) is 13.3 Å². The summed E-state index contributed by atoms with van der Waals surface area (Å²) < 4.78 is 29.2. The third kappa shape index (κ3) is 3.72. The number of hydrogen-bond acceptors (Lipinski definition) is 3. The molecule has 6 heteroatoms. The van der Waals surface area contributed by atoms with Crippen molar-refractivity contribution in [2.45, 2.75) is 45.4 Å². The molecule has 1 saturated heterocycles. The van der Waals surface area contributed by atoms with Crippen LogP contribution in [0.4, 0.5) is 0 Å². The van der Waals surface area contributed by atoms with Crippen LogP contribution in [0.5, 0.6) is 0 Å². The zero-order chi connectivity index (χ0) is 14.6. The first-order valence-electron chi connectivity index (χ1n) is 7.91. The standard InChI is InChI=1S/C14H29N3O2S/c1-3-14(7-4-8-14)12-16-20(18,19)17-9-5-13(6-10-17)11-15-2/h13,15-16H,3-12H2,1-2H3. The normalized spacial score (nSPS) is 24.5. The average Bonchev–Trinajstić information content (AvgIpc) is 2.39. The Balaban J connectivity index is 1.82. The minimum absolute atomic E-state index is 0.234. The zero-order valence-corrected chi connectivity index (χ0v) is 13.6. The Morgan fingerprint density at radius 2 is 1.90 bits per heavy atom. The summed E-state index contributed by atoms with van der Waals surface area (Å²) in [6.07, 6.45) is 6.55. The van der Waals surface area contributed by atoms with Gasteiger partial charge in [-0.15, -0.1) is 0 Å². The number of nitrogens with zero attached hydrogens (tertiary/aromatic N) is 1. The van der Waals surface area contributed by atoms with Gasteiger partial charge in [-0.3, -0.25) is 0 Å². The van der Waals surface area contributed by atoms with Crippen LogP contribution < -0.4 is 10.0 Å². The van der Waals surface area contributed by atoms with Gasteiger partial charge >= 0.3 is 0 Å². The predicted octanol–water partition coefficient (Wildman–Crippen LogP) is 1.33. The second-order valence-corrected chi connectivity index (χ2v) is 8.19. The molecule has 0 unspecified atom stereocenters. The summed E-state index contributed by atoms with van der Waals surface area (Å²) in [4.78, 5) is 0. The maximum atomic E-state index is 12.4. The Morgan fingerprint density at radius 3 is 2.35 bits per heavy atom. The third-order valence-electron chi connectivity index (χ3n) is 5.20. The first kappa shape index (κ1) is 16.2. The first-order chi connectivity index (χ1) is 9.51. The molecule has 1 aliphatic heterocycles. The maximum Gasteiger partial charge on any atom is 0.279 e. The zero-order valence-electron chi connectivity index (χ0n) is 12.8. The molecule has 2 aliphatic rings. The van der Waals surface area contributed by atoms with E-state index in [4.69, 9.17) is 0 Å². The van der Waals surface area contributed by atoms with Gasteiger partial charge in [0.1, 0.15) is 0 Å². The van der Waals surface area contributed by atoms with Crippen molar-refractivity contribution in [2.75, 3.05) is 33.2 Å². The van der Waals surface area contributed by atoms with Crippen molar-refractivity contribution in [3.8, 4) is 0 Å². The van der Waals surface area contributed by atoms with E-state index in [1.807, 2.05) is 7.05 Å². The molecule has 0 atom stereocenters. The van der Waals surface area contributed by atoms with Crippen LogP contribution in [-0.4, -0.2) is 45.9 Å². The molecule has 118 valence electrons. The lowest BCUT2D eigenvalue weighted by Crippen LogP contribution is -2.49. The second-order valence-electron chi connectivity index (χ2n) is 6.43. The molecule has 5 nitrogen and oxygen atoms in total. The van der Waals surface area contributed by atoms with E-state index >= 15 is 0 Å². The second kappa shape index (κ2) is 6.73. The molecule has 20 heavy (non-hydrogen) atoms. The summed E-state index contributed by atoms with van der Waals surface area (Å²) >= 11 is 0. The number of hydrogen-bond donors (Lipinski definition) is 2. The highest BCUT2D eigenvalue weighted by Crippen LogP contribution is 2.43. The lowest BCUT2D eigenvalue weighted by Gasteiger charge is -2.42. The van der Waals surface area contributed by atoms with Crippen LogP contribution in [0.1, 0.15) is 45.4 Å². The SMILES string of the molecule is CCC1(CNS(=O)(=O)N2CCC(CNC)CC2)CCC1. The first-order valence-corrected chi connectivity index (χ1v) is 9.35. The fraction of sp³-hybridized carbons (Fsp3) is 1.00. The summed E-state index contributed by atoms with van der Waals surface area (Å²) in [5, 5.41) is 3.18. The Kier molecular flexibility index (Phi) is 5.45.